The van der Waals surface area contributed by atoms with Crippen molar-refractivity contribution < 1.29 is 14.3 Å². The van der Waals surface area contributed by atoms with Crippen molar-refractivity contribution in [3.8, 4) is 11.5 Å². The van der Waals surface area contributed by atoms with E-state index in [0.29, 0.717) is 18.1 Å². The van der Waals surface area contributed by atoms with E-state index in [2.05, 4.69) is 10.6 Å². The van der Waals surface area contributed by atoms with E-state index in [1.807, 2.05) is 19.1 Å². The molecule has 2 rings (SSSR count). The summed E-state index contributed by atoms with van der Waals surface area (Å²) >= 11 is 0. The zero-order valence-electron chi connectivity index (χ0n) is 12.1. The third-order valence-electron chi connectivity index (χ3n) is 3.44. The molecule has 0 aromatic heterocycles. The molecule has 1 aliphatic heterocycles. The van der Waals surface area contributed by atoms with E-state index < -0.39 is 0 Å². The molecule has 0 radical (unpaired) electrons. The van der Waals surface area contributed by atoms with Gasteiger partial charge < -0.3 is 20.1 Å². The Labute approximate surface area is 119 Å². The fraction of sp³-hybridized carbons (Fsp3) is 0.533. The molecule has 0 unspecified atom stereocenters. The van der Waals surface area contributed by atoms with Crippen molar-refractivity contribution in [1.82, 2.24) is 5.32 Å². The van der Waals surface area contributed by atoms with Crippen LogP contribution in [0.2, 0.25) is 0 Å². The van der Waals surface area contributed by atoms with E-state index in [4.69, 9.17) is 9.47 Å². The Bertz CT molecular complexity index is 456. The summed E-state index contributed by atoms with van der Waals surface area (Å²) in [6.07, 6.45) is 1.78. The van der Waals surface area contributed by atoms with Gasteiger partial charge in [0.1, 0.15) is 0 Å². The Morgan fingerprint density at radius 3 is 2.75 bits per heavy atom. The molecule has 1 fully saturated rings. The third-order valence-corrected chi connectivity index (χ3v) is 3.44. The van der Waals surface area contributed by atoms with E-state index in [-0.39, 0.29) is 11.8 Å². The van der Waals surface area contributed by atoms with Gasteiger partial charge in [-0.3, -0.25) is 4.79 Å². The lowest BCUT2D eigenvalue weighted by molar-refractivity contribution is -0.120. The number of carbonyl (C=O) groups is 1. The number of rotatable bonds is 5. The molecule has 1 aromatic carbocycles. The standard InChI is InChI=1S/C15H22N2O3/c1-3-20-13-5-4-12(10-14(13)19-2)17-15(18)11-6-8-16-9-7-11/h4-5,10-11,16H,3,6-9H2,1-2H3,(H,17,18). The number of nitrogens with one attached hydrogen (secondary N) is 2. The number of methoxy groups -OCH3 is 1. The summed E-state index contributed by atoms with van der Waals surface area (Å²) in [7, 11) is 1.59. The average molecular weight is 278 g/mol. The maximum Gasteiger partial charge on any atom is 0.227 e. The van der Waals surface area contributed by atoms with Crippen molar-refractivity contribution >= 4 is 11.6 Å². The first kappa shape index (κ1) is 14.7. The number of piperidine rings is 1. The molecule has 2 N–H and O–H groups in total. The highest BCUT2D eigenvalue weighted by atomic mass is 16.5. The Morgan fingerprint density at radius 1 is 1.35 bits per heavy atom. The van der Waals surface area contributed by atoms with Crippen molar-refractivity contribution in [2.75, 3.05) is 32.1 Å². The molecule has 5 heteroatoms. The lowest BCUT2D eigenvalue weighted by Crippen LogP contribution is -2.34. The quantitative estimate of drug-likeness (QED) is 0.865. The first-order valence-corrected chi connectivity index (χ1v) is 7.07. The van der Waals surface area contributed by atoms with Gasteiger partial charge in [-0.15, -0.1) is 0 Å². The second-order valence-corrected chi connectivity index (χ2v) is 4.81. The molecule has 1 saturated heterocycles. The van der Waals surface area contributed by atoms with Crippen LogP contribution in [0.3, 0.4) is 0 Å². The first-order chi connectivity index (χ1) is 9.74. The minimum Gasteiger partial charge on any atom is -0.493 e. The van der Waals surface area contributed by atoms with Crippen LogP contribution in [0.15, 0.2) is 18.2 Å². The van der Waals surface area contributed by atoms with Crippen LogP contribution in [-0.4, -0.2) is 32.7 Å². The van der Waals surface area contributed by atoms with E-state index in [1.165, 1.54) is 0 Å². The zero-order chi connectivity index (χ0) is 14.4. The molecule has 0 bridgehead atoms. The topological polar surface area (TPSA) is 59.6 Å². The molecule has 110 valence electrons. The minimum absolute atomic E-state index is 0.0812. The summed E-state index contributed by atoms with van der Waals surface area (Å²) in [5.41, 5.74) is 0.744. The Kier molecular flexibility index (Phi) is 5.24. The van der Waals surface area contributed by atoms with Crippen LogP contribution >= 0.6 is 0 Å². The molecule has 0 spiro atoms. The molecule has 0 atom stereocenters. The second-order valence-electron chi connectivity index (χ2n) is 4.81. The van der Waals surface area contributed by atoms with Crippen LogP contribution in [0.5, 0.6) is 11.5 Å². The highest BCUT2D eigenvalue weighted by molar-refractivity contribution is 5.93. The number of amides is 1. The molecule has 1 aliphatic rings. The van der Waals surface area contributed by atoms with Gasteiger partial charge in [0.25, 0.3) is 0 Å². The summed E-state index contributed by atoms with van der Waals surface area (Å²) in [6.45, 7) is 4.32. The predicted molar refractivity (Wildman–Crippen MR) is 78.4 cm³/mol. The Hall–Kier alpha value is -1.75. The maximum atomic E-state index is 12.2. The Morgan fingerprint density at radius 2 is 2.10 bits per heavy atom. The second kappa shape index (κ2) is 7.14. The van der Waals surface area contributed by atoms with Gasteiger partial charge in [-0.1, -0.05) is 0 Å². The van der Waals surface area contributed by atoms with E-state index in [0.717, 1.165) is 31.6 Å². The predicted octanol–water partition coefficient (Wildman–Crippen LogP) is 2.03. The van der Waals surface area contributed by atoms with Crippen LogP contribution in [0.4, 0.5) is 5.69 Å². The van der Waals surface area contributed by atoms with Gasteiger partial charge in [-0.05, 0) is 45.0 Å². The van der Waals surface area contributed by atoms with Gasteiger partial charge in [-0.25, -0.2) is 0 Å². The molecular formula is C15H22N2O3. The fourth-order valence-electron chi connectivity index (χ4n) is 2.35. The first-order valence-electron chi connectivity index (χ1n) is 7.07. The van der Waals surface area contributed by atoms with Gasteiger partial charge in [0.05, 0.1) is 13.7 Å². The van der Waals surface area contributed by atoms with Gasteiger partial charge in [0.2, 0.25) is 5.91 Å². The summed E-state index contributed by atoms with van der Waals surface area (Å²) in [5.74, 6) is 1.50. The number of carbonyl (C=O) groups excluding carboxylic acids is 1. The molecule has 0 aliphatic carbocycles. The van der Waals surface area contributed by atoms with E-state index >= 15 is 0 Å². The molecular weight excluding hydrogens is 256 g/mol. The lowest BCUT2D eigenvalue weighted by atomic mass is 9.97. The number of hydrogen-bond acceptors (Lipinski definition) is 4. The summed E-state index contributed by atoms with van der Waals surface area (Å²) in [4.78, 5) is 12.2. The number of hydrogen-bond donors (Lipinski definition) is 2. The maximum absolute atomic E-state index is 12.2. The molecule has 1 aromatic rings. The van der Waals surface area contributed by atoms with Crippen LogP contribution < -0.4 is 20.1 Å². The van der Waals surface area contributed by atoms with Crippen molar-refractivity contribution in [2.24, 2.45) is 5.92 Å². The zero-order valence-corrected chi connectivity index (χ0v) is 12.1. The van der Waals surface area contributed by atoms with Gasteiger partial charge in [0, 0.05) is 17.7 Å². The van der Waals surface area contributed by atoms with Gasteiger partial charge >= 0.3 is 0 Å². The molecule has 5 nitrogen and oxygen atoms in total. The smallest absolute Gasteiger partial charge is 0.227 e. The van der Waals surface area contributed by atoms with Crippen molar-refractivity contribution in [1.29, 1.82) is 0 Å². The van der Waals surface area contributed by atoms with Crippen LogP contribution in [0.25, 0.3) is 0 Å². The molecule has 1 heterocycles. The van der Waals surface area contributed by atoms with E-state index in [1.54, 1.807) is 13.2 Å². The summed E-state index contributed by atoms with van der Waals surface area (Å²) in [6, 6.07) is 5.46. The number of ether oxygens (including phenoxy) is 2. The molecule has 1 amide bonds. The minimum atomic E-state index is 0.0812. The van der Waals surface area contributed by atoms with E-state index in [9.17, 15) is 4.79 Å². The highest BCUT2D eigenvalue weighted by Crippen LogP contribution is 2.30. The third kappa shape index (κ3) is 3.63. The van der Waals surface area contributed by atoms with Crippen molar-refractivity contribution in [3.63, 3.8) is 0 Å². The fourth-order valence-corrected chi connectivity index (χ4v) is 2.35. The Balaban J connectivity index is 2.03. The molecule has 20 heavy (non-hydrogen) atoms. The number of anilines is 1. The monoisotopic (exact) mass is 278 g/mol. The molecule has 0 saturated carbocycles. The van der Waals surface area contributed by atoms with Crippen molar-refractivity contribution in [2.45, 2.75) is 19.8 Å². The summed E-state index contributed by atoms with van der Waals surface area (Å²) in [5, 5.41) is 6.21. The van der Waals surface area contributed by atoms with Crippen LogP contribution in [0.1, 0.15) is 19.8 Å². The van der Waals surface area contributed by atoms with Gasteiger partial charge in [-0.2, -0.15) is 0 Å². The van der Waals surface area contributed by atoms with Gasteiger partial charge in [0.15, 0.2) is 11.5 Å². The van der Waals surface area contributed by atoms with Crippen LogP contribution in [0, 0.1) is 5.92 Å². The lowest BCUT2D eigenvalue weighted by Gasteiger charge is -2.22. The van der Waals surface area contributed by atoms with Crippen molar-refractivity contribution in [3.05, 3.63) is 18.2 Å². The number of benzene rings is 1. The normalized spacial score (nSPS) is 15.7. The largest absolute Gasteiger partial charge is 0.493 e. The average Bonchev–Trinajstić information content (AvgIpc) is 2.50. The SMILES string of the molecule is CCOc1ccc(NC(=O)C2CCNCC2)cc1OC. The summed E-state index contributed by atoms with van der Waals surface area (Å²) < 4.78 is 10.7. The highest BCUT2D eigenvalue weighted by Gasteiger charge is 2.21. The van der Waals surface area contributed by atoms with Crippen LogP contribution in [-0.2, 0) is 4.79 Å².